The molecule has 1 aromatic heterocycles. The molecule has 0 aliphatic carbocycles. The van der Waals surface area contributed by atoms with Gasteiger partial charge in [0.05, 0.1) is 25.5 Å². The third kappa shape index (κ3) is 6.41. The quantitative estimate of drug-likeness (QED) is 0.438. The number of carbonyl (C=O) groups is 1. The van der Waals surface area contributed by atoms with Crippen LogP contribution in [0.2, 0.25) is 0 Å². The molecule has 8 nitrogen and oxygen atoms in total. The SMILES string of the molecule is C=C(OCC)[C@@H](Nc1nc(N[C@H](C(=O)OCC)C(C)C)ncc1C#N)C(C)C. The first kappa shape index (κ1) is 23.2. The molecule has 1 heterocycles. The van der Waals surface area contributed by atoms with E-state index >= 15 is 0 Å². The van der Waals surface area contributed by atoms with E-state index in [-0.39, 0.29) is 35.4 Å². The van der Waals surface area contributed by atoms with Crippen LogP contribution >= 0.6 is 0 Å². The van der Waals surface area contributed by atoms with Crippen molar-refractivity contribution in [3.05, 3.63) is 24.1 Å². The number of nitriles is 1. The first-order valence-corrected chi connectivity index (χ1v) is 9.53. The highest BCUT2D eigenvalue weighted by Crippen LogP contribution is 2.21. The minimum Gasteiger partial charge on any atom is -0.497 e. The normalized spacial score (nSPS) is 12.8. The highest BCUT2D eigenvalue weighted by atomic mass is 16.5. The summed E-state index contributed by atoms with van der Waals surface area (Å²) in [4.78, 5) is 20.8. The van der Waals surface area contributed by atoms with E-state index in [4.69, 9.17) is 9.47 Å². The van der Waals surface area contributed by atoms with Crippen LogP contribution in [0.15, 0.2) is 18.5 Å². The van der Waals surface area contributed by atoms with Gasteiger partial charge in [-0.2, -0.15) is 10.2 Å². The van der Waals surface area contributed by atoms with E-state index < -0.39 is 6.04 Å². The van der Waals surface area contributed by atoms with E-state index in [1.54, 1.807) is 6.92 Å². The summed E-state index contributed by atoms with van der Waals surface area (Å²) in [5.74, 6) is 0.908. The molecule has 0 spiro atoms. The zero-order valence-electron chi connectivity index (χ0n) is 17.6. The Labute approximate surface area is 167 Å². The molecule has 28 heavy (non-hydrogen) atoms. The number of hydrogen-bond donors (Lipinski definition) is 2. The molecule has 0 aromatic carbocycles. The molecule has 0 amide bonds. The lowest BCUT2D eigenvalue weighted by molar-refractivity contribution is -0.145. The molecule has 0 unspecified atom stereocenters. The summed E-state index contributed by atoms with van der Waals surface area (Å²) in [5.41, 5.74) is 0.290. The lowest BCUT2D eigenvalue weighted by Crippen LogP contribution is -2.37. The average Bonchev–Trinajstić information content (AvgIpc) is 2.63. The minimum absolute atomic E-state index is 0.0316. The first-order valence-electron chi connectivity index (χ1n) is 9.53. The van der Waals surface area contributed by atoms with Gasteiger partial charge in [0.25, 0.3) is 0 Å². The standard InChI is InChI=1S/C20H31N5O3/c1-8-27-14(7)16(12(3)4)23-18-15(10-21)11-22-20(25-18)24-17(13(5)6)19(26)28-9-2/h11-13,16-17H,7-9H2,1-6H3,(H2,22,23,24,25)/t16-,17-/m0/s1. The van der Waals surface area contributed by atoms with E-state index in [1.807, 2.05) is 34.6 Å². The Hall–Kier alpha value is -2.82. The first-order chi connectivity index (χ1) is 13.2. The van der Waals surface area contributed by atoms with E-state index in [0.717, 1.165) is 0 Å². The smallest absolute Gasteiger partial charge is 0.328 e. The predicted octanol–water partition coefficient (Wildman–Crippen LogP) is 3.33. The summed E-state index contributed by atoms with van der Waals surface area (Å²) in [5, 5.41) is 15.7. The van der Waals surface area contributed by atoms with Gasteiger partial charge in [-0.05, 0) is 25.7 Å². The second kappa shape index (κ2) is 11.1. The maximum atomic E-state index is 12.2. The summed E-state index contributed by atoms with van der Waals surface area (Å²) in [7, 11) is 0. The molecular formula is C20H31N5O3. The van der Waals surface area contributed by atoms with Crippen LogP contribution < -0.4 is 10.6 Å². The molecular weight excluding hydrogens is 358 g/mol. The number of hydrogen-bond acceptors (Lipinski definition) is 8. The Balaban J connectivity index is 3.15. The van der Waals surface area contributed by atoms with Crippen LogP contribution in [0.3, 0.4) is 0 Å². The Morgan fingerprint density at radius 1 is 1.14 bits per heavy atom. The number of rotatable bonds is 11. The van der Waals surface area contributed by atoms with Crippen molar-refractivity contribution < 1.29 is 14.3 Å². The number of anilines is 2. The fourth-order valence-corrected chi connectivity index (χ4v) is 2.55. The molecule has 0 saturated carbocycles. The highest BCUT2D eigenvalue weighted by molar-refractivity contribution is 5.79. The molecule has 2 atom stereocenters. The zero-order chi connectivity index (χ0) is 21.3. The van der Waals surface area contributed by atoms with Gasteiger partial charge in [-0.15, -0.1) is 0 Å². The van der Waals surface area contributed by atoms with E-state index in [9.17, 15) is 10.1 Å². The van der Waals surface area contributed by atoms with Gasteiger partial charge in [-0.3, -0.25) is 0 Å². The molecule has 0 bridgehead atoms. The van der Waals surface area contributed by atoms with Crippen molar-refractivity contribution >= 4 is 17.7 Å². The van der Waals surface area contributed by atoms with Gasteiger partial charge in [0.2, 0.25) is 5.95 Å². The van der Waals surface area contributed by atoms with E-state index in [0.29, 0.717) is 24.8 Å². The van der Waals surface area contributed by atoms with Crippen LogP contribution in [0.5, 0.6) is 0 Å². The second-order valence-electron chi connectivity index (χ2n) is 6.95. The summed E-state index contributed by atoms with van der Waals surface area (Å²) < 4.78 is 10.6. The number of esters is 1. The highest BCUT2D eigenvalue weighted by Gasteiger charge is 2.25. The Morgan fingerprint density at radius 2 is 1.75 bits per heavy atom. The molecule has 0 aliphatic heterocycles. The van der Waals surface area contributed by atoms with Crippen LogP contribution in [0, 0.1) is 23.2 Å². The number of ether oxygens (including phenoxy) is 2. The lowest BCUT2D eigenvalue weighted by Gasteiger charge is -2.26. The van der Waals surface area contributed by atoms with Crippen LogP contribution in [-0.4, -0.2) is 41.2 Å². The van der Waals surface area contributed by atoms with Gasteiger partial charge in [-0.1, -0.05) is 34.3 Å². The Morgan fingerprint density at radius 3 is 2.25 bits per heavy atom. The minimum atomic E-state index is -0.597. The number of nitrogens with zero attached hydrogens (tertiary/aromatic N) is 3. The molecule has 0 aliphatic rings. The predicted molar refractivity (Wildman–Crippen MR) is 109 cm³/mol. The van der Waals surface area contributed by atoms with Crippen LogP contribution in [0.25, 0.3) is 0 Å². The van der Waals surface area contributed by atoms with Crippen molar-refractivity contribution in [2.24, 2.45) is 11.8 Å². The molecule has 2 N–H and O–H groups in total. The third-order valence-electron chi connectivity index (χ3n) is 4.04. The third-order valence-corrected chi connectivity index (χ3v) is 4.04. The summed E-state index contributed by atoms with van der Waals surface area (Å²) in [6.45, 7) is 16.2. The van der Waals surface area contributed by atoms with E-state index in [2.05, 4.69) is 33.2 Å². The molecule has 1 rings (SSSR count). The fourth-order valence-electron chi connectivity index (χ4n) is 2.55. The van der Waals surface area contributed by atoms with Gasteiger partial charge in [0.15, 0.2) is 0 Å². The summed E-state index contributed by atoms with van der Waals surface area (Å²) >= 11 is 0. The van der Waals surface area contributed by atoms with Crippen LogP contribution in [-0.2, 0) is 14.3 Å². The van der Waals surface area contributed by atoms with Gasteiger partial charge >= 0.3 is 5.97 Å². The number of carbonyl (C=O) groups excluding carboxylic acids is 1. The summed E-state index contributed by atoms with van der Waals surface area (Å²) in [6.07, 6.45) is 1.42. The molecule has 154 valence electrons. The van der Waals surface area contributed by atoms with Crippen LogP contribution in [0.4, 0.5) is 11.8 Å². The largest absolute Gasteiger partial charge is 0.497 e. The van der Waals surface area contributed by atoms with Crippen LogP contribution in [0.1, 0.15) is 47.1 Å². The molecule has 0 radical (unpaired) electrons. The Bertz CT molecular complexity index is 712. The Kier molecular flexibility index (Phi) is 9.22. The van der Waals surface area contributed by atoms with Crippen molar-refractivity contribution in [3.63, 3.8) is 0 Å². The second-order valence-corrected chi connectivity index (χ2v) is 6.95. The topological polar surface area (TPSA) is 109 Å². The van der Waals surface area contributed by atoms with E-state index in [1.165, 1.54) is 6.20 Å². The van der Waals surface area contributed by atoms with Crippen molar-refractivity contribution in [1.82, 2.24) is 9.97 Å². The van der Waals surface area contributed by atoms with Gasteiger partial charge < -0.3 is 20.1 Å². The zero-order valence-corrected chi connectivity index (χ0v) is 17.6. The van der Waals surface area contributed by atoms with Gasteiger partial charge in [0.1, 0.15) is 29.3 Å². The maximum Gasteiger partial charge on any atom is 0.328 e. The fraction of sp³-hybridized carbons (Fsp3) is 0.600. The van der Waals surface area contributed by atoms with Gasteiger partial charge in [0, 0.05) is 0 Å². The lowest BCUT2D eigenvalue weighted by atomic mass is 10.0. The number of nitrogens with one attached hydrogen (secondary N) is 2. The van der Waals surface area contributed by atoms with Gasteiger partial charge in [-0.25, -0.2) is 9.78 Å². The average molecular weight is 390 g/mol. The monoisotopic (exact) mass is 389 g/mol. The molecule has 8 heteroatoms. The molecule has 0 saturated heterocycles. The van der Waals surface area contributed by atoms with Crippen molar-refractivity contribution in [3.8, 4) is 6.07 Å². The van der Waals surface area contributed by atoms with Crippen molar-refractivity contribution in [1.29, 1.82) is 5.26 Å². The summed E-state index contributed by atoms with van der Waals surface area (Å²) in [6, 6.07) is 1.25. The maximum absolute atomic E-state index is 12.2. The molecule has 0 fully saturated rings. The van der Waals surface area contributed by atoms with Crippen molar-refractivity contribution in [2.45, 2.75) is 53.6 Å². The van der Waals surface area contributed by atoms with Crippen molar-refractivity contribution in [2.75, 3.05) is 23.8 Å². The molecule has 1 aromatic rings. The number of aromatic nitrogens is 2.